The maximum absolute atomic E-state index is 14.8. The standard InChI is InChI=1S/C22H17BrFNO5/c1-14-9-19(30-13-16-6-8-28-11-16)20(23)22(26)25(14)21-17(24)3-2-4-18(21)29-12-15-5-7-27-10-15/h2-11H,12-13H2,1H3. The summed E-state index contributed by atoms with van der Waals surface area (Å²) in [7, 11) is 0. The predicted octanol–water partition coefficient (Wildman–Crippen LogP) is 5.39. The Kier molecular flexibility index (Phi) is 5.76. The summed E-state index contributed by atoms with van der Waals surface area (Å²) in [6.45, 7) is 2.11. The lowest BCUT2D eigenvalue weighted by Crippen LogP contribution is -2.23. The molecule has 4 aromatic rings. The highest BCUT2D eigenvalue weighted by molar-refractivity contribution is 9.10. The second-order valence-electron chi connectivity index (χ2n) is 6.53. The summed E-state index contributed by atoms with van der Waals surface area (Å²) in [5.74, 6) is 0.0105. The Morgan fingerprint density at radius 1 is 1.00 bits per heavy atom. The Morgan fingerprint density at radius 2 is 1.63 bits per heavy atom. The van der Waals surface area contributed by atoms with Crippen LogP contribution in [-0.4, -0.2) is 4.57 Å². The summed E-state index contributed by atoms with van der Waals surface area (Å²) >= 11 is 3.29. The van der Waals surface area contributed by atoms with Crippen molar-refractivity contribution in [1.29, 1.82) is 0 Å². The molecule has 3 aromatic heterocycles. The molecule has 30 heavy (non-hydrogen) atoms. The van der Waals surface area contributed by atoms with E-state index in [0.717, 1.165) is 11.1 Å². The summed E-state index contributed by atoms with van der Waals surface area (Å²) in [6, 6.07) is 9.61. The second kappa shape index (κ2) is 8.62. The summed E-state index contributed by atoms with van der Waals surface area (Å²) in [5, 5.41) is 0. The zero-order chi connectivity index (χ0) is 21.1. The van der Waals surface area contributed by atoms with Gasteiger partial charge in [0.1, 0.15) is 34.9 Å². The molecule has 0 N–H and O–H groups in total. The molecule has 8 heteroatoms. The van der Waals surface area contributed by atoms with Crippen molar-refractivity contribution in [2.24, 2.45) is 0 Å². The molecule has 0 amide bonds. The van der Waals surface area contributed by atoms with Crippen LogP contribution in [0, 0.1) is 12.7 Å². The minimum Gasteiger partial charge on any atom is -0.487 e. The minimum atomic E-state index is -0.580. The Hall–Kier alpha value is -3.26. The summed E-state index contributed by atoms with van der Waals surface area (Å²) in [6.07, 6.45) is 6.17. The molecular formula is C22H17BrFNO5. The Bertz CT molecular complexity index is 1200. The number of pyridine rings is 1. The van der Waals surface area contributed by atoms with Gasteiger partial charge in [0.15, 0.2) is 5.82 Å². The number of furan rings is 2. The lowest BCUT2D eigenvalue weighted by molar-refractivity contribution is 0.298. The highest BCUT2D eigenvalue weighted by atomic mass is 79.9. The van der Waals surface area contributed by atoms with Gasteiger partial charge in [0, 0.05) is 22.9 Å². The molecule has 0 aliphatic carbocycles. The van der Waals surface area contributed by atoms with Gasteiger partial charge in [-0.05, 0) is 47.1 Å². The number of rotatable bonds is 7. The van der Waals surface area contributed by atoms with Gasteiger partial charge in [0.25, 0.3) is 5.56 Å². The normalized spacial score (nSPS) is 10.9. The molecule has 154 valence electrons. The second-order valence-corrected chi connectivity index (χ2v) is 7.32. The van der Waals surface area contributed by atoms with Crippen LogP contribution in [0.1, 0.15) is 16.8 Å². The van der Waals surface area contributed by atoms with Crippen LogP contribution in [0.4, 0.5) is 4.39 Å². The zero-order valence-corrected chi connectivity index (χ0v) is 17.5. The van der Waals surface area contributed by atoms with E-state index in [1.54, 1.807) is 50.0 Å². The van der Waals surface area contributed by atoms with E-state index in [4.69, 9.17) is 18.3 Å². The van der Waals surface area contributed by atoms with Gasteiger partial charge in [-0.25, -0.2) is 4.39 Å². The van der Waals surface area contributed by atoms with E-state index < -0.39 is 11.4 Å². The molecule has 0 bridgehead atoms. The quantitative estimate of drug-likeness (QED) is 0.359. The van der Waals surface area contributed by atoms with Gasteiger partial charge < -0.3 is 18.3 Å². The van der Waals surface area contributed by atoms with Crippen molar-refractivity contribution in [2.45, 2.75) is 20.1 Å². The van der Waals surface area contributed by atoms with Gasteiger partial charge in [-0.2, -0.15) is 0 Å². The van der Waals surface area contributed by atoms with Crippen LogP contribution in [0.15, 0.2) is 79.6 Å². The molecule has 3 heterocycles. The number of aromatic nitrogens is 1. The molecule has 0 radical (unpaired) electrons. The van der Waals surface area contributed by atoms with Crippen LogP contribution >= 0.6 is 15.9 Å². The third kappa shape index (κ3) is 4.04. The molecule has 1 aromatic carbocycles. The van der Waals surface area contributed by atoms with E-state index in [0.29, 0.717) is 11.4 Å². The maximum Gasteiger partial charge on any atom is 0.273 e. The number of ether oxygens (including phenoxy) is 2. The van der Waals surface area contributed by atoms with Crippen LogP contribution in [0.2, 0.25) is 0 Å². The van der Waals surface area contributed by atoms with Crippen molar-refractivity contribution >= 4 is 15.9 Å². The summed E-state index contributed by atoms with van der Waals surface area (Å²) in [5.41, 5.74) is 1.68. The van der Waals surface area contributed by atoms with Crippen molar-refractivity contribution < 1.29 is 22.7 Å². The number of benzene rings is 1. The molecule has 0 saturated heterocycles. The lowest BCUT2D eigenvalue weighted by Gasteiger charge is -2.18. The number of nitrogens with zero attached hydrogens (tertiary/aromatic N) is 1. The molecular weight excluding hydrogens is 457 g/mol. The van der Waals surface area contributed by atoms with Crippen molar-refractivity contribution in [3.05, 3.63) is 98.9 Å². The van der Waals surface area contributed by atoms with Crippen molar-refractivity contribution in [2.75, 3.05) is 0 Å². The van der Waals surface area contributed by atoms with Crippen molar-refractivity contribution in [3.8, 4) is 17.2 Å². The zero-order valence-electron chi connectivity index (χ0n) is 15.9. The van der Waals surface area contributed by atoms with E-state index in [1.807, 2.05) is 0 Å². The van der Waals surface area contributed by atoms with Crippen LogP contribution in [0.25, 0.3) is 5.69 Å². The third-order valence-electron chi connectivity index (χ3n) is 4.42. The largest absolute Gasteiger partial charge is 0.487 e. The molecule has 4 rings (SSSR count). The number of hydrogen-bond donors (Lipinski definition) is 0. The Labute approximate surface area is 179 Å². The first-order valence-corrected chi connectivity index (χ1v) is 9.82. The first-order chi connectivity index (χ1) is 14.5. The average molecular weight is 474 g/mol. The highest BCUT2D eigenvalue weighted by Crippen LogP contribution is 2.30. The summed E-state index contributed by atoms with van der Waals surface area (Å²) in [4.78, 5) is 13.1. The van der Waals surface area contributed by atoms with E-state index in [1.165, 1.54) is 23.0 Å². The molecule has 0 aliphatic heterocycles. The molecule has 0 atom stereocenters. The van der Waals surface area contributed by atoms with Crippen LogP contribution in [0.5, 0.6) is 11.5 Å². The number of halogens is 2. The van der Waals surface area contributed by atoms with Gasteiger partial charge in [-0.1, -0.05) is 6.07 Å². The van der Waals surface area contributed by atoms with Crippen LogP contribution in [-0.2, 0) is 13.2 Å². The number of hydrogen-bond acceptors (Lipinski definition) is 5. The van der Waals surface area contributed by atoms with Gasteiger partial charge >= 0.3 is 0 Å². The van der Waals surface area contributed by atoms with Gasteiger partial charge in [-0.3, -0.25) is 9.36 Å². The monoisotopic (exact) mass is 473 g/mol. The summed E-state index contributed by atoms with van der Waals surface area (Å²) < 4.78 is 37.8. The fraction of sp³-hybridized carbons (Fsp3) is 0.136. The van der Waals surface area contributed by atoms with E-state index in [9.17, 15) is 9.18 Å². The number of aryl methyl sites for hydroxylation is 1. The molecule has 0 aliphatic rings. The maximum atomic E-state index is 14.8. The molecule has 0 fully saturated rings. The molecule has 0 unspecified atom stereocenters. The van der Waals surface area contributed by atoms with Gasteiger partial charge in [0.05, 0.1) is 25.1 Å². The topological polar surface area (TPSA) is 66.7 Å². The SMILES string of the molecule is Cc1cc(OCc2ccoc2)c(Br)c(=O)n1-c1c(F)cccc1OCc1ccoc1. The van der Waals surface area contributed by atoms with Crippen LogP contribution in [0.3, 0.4) is 0 Å². The van der Waals surface area contributed by atoms with E-state index >= 15 is 0 Å². The fourth-order valence-electron chi connectivity index (χ4n) is 2.97. The number of para-hydroxylation sites is 1. The van der Waals surface area contributed by atoms with Gasteiger partial charge in [-0.15, -0.1) is 0 Å². The lowest BCUT2D eigenvalue weighted by atomic mass is 10.2. The minimum absolute atomic E-state index is 0.0329. The third-order valence-corrected chi connectivity index (χ3v) is 5.15. The predicted molar refractivity (Wildman–Crippen MR) is 111 cm³/mol. The molecule has 0 saturated carbocycles. The van der Waals surface area contributed by atoms with Crippen LogP contribution < -0.4 is 15.0 Å². The first kappa shape index (κ1) is 20.0. The fourth-order valence-corrected chi connectivity index (χ4v) is 3.37. The van der Waals surface area contributed by atoms with Gasteiger partial charge in [0.2, 0.25) is 0 Å². The van der Waals surface area contributed by atoms with E-state index in [2.05, 4.69) is 15.9 Å². The smallest absolute Gasteiger partial charge is 0.273 e. The van der Waals surface area contributed by atoms with Crippen molar-refractivity contribution in [3.63, 3.8) is 0 Å². The molecule has 0 spiro atoms. The molecule has 6 nitrogen and oxygen atoms in total. The Morgan fingerprint density at radius 3 is 2.23 bits per heavy atom. The first-order valence-electron chi connectivity index (χ1n) is 9.03. The Balaban J connectivity index is 1.70. The average Bonchev–Trinajstić information content (AvgIpc) is 3.43. The van der Waals surface area contributed by atoms with E-state index in [-0.39, 0.29) is 29.1 Å². The highest BCUT2D eigenvalue weighted by Gasteiger charge is 2.20. The van der Waals surface area contributed by atoms with Crippen molar-refractivity contribution in [1.82, 2.24) is 4.57 Å².